The minimum Gasteiger partial charge on any atom is -0.483 e. The molecule has 1 aromatic carbocycles. The summed E-state index contributed by atoms with van der Waals surface area (Å²) in [5.41, 5.74) is 1.23. The van der Waals surface area contributed by atoms with Gasteiger partial charge in [0.25, 0.3) is 5.91 Å². The Morgan fingerprint density at radius 3 is 2.50 bits per heavy atom. The van der Waals surface area contributed by atoms with Crippen LogP contribution in [0.2, 0.25) is 0 Å². The van der Waals surface area contributed by atoms with Gasteiger partial charge in [-0.05, 0) is 51.8 Å². The summed E-state index contributed by atoms with van der Waals surface area (Å²) in [6.45, 7) is 9.23. The van der Waals surface area contributed by atoms with Crippen LogP contribution in [0.4, 0.5) is 0 Å². The summed E-state index contributed by atoms with van der Waals surface area (Å²) < 4.78 is 5.50. The van der Waals surface area contributed by atoms with E-state index in [1.807, 2.05) is 33.8 Å². The Labute approximate surface area is 120 Å². The largest absolute Gasteiger partial charge is 0.483 e. The van der Waals surface area contributed by atoms with Crippen molar-refractivity contribution in [2.45, 2.75) is 46.6 Å². The Morgan fingerprint density at radius 1 is 1.30 bits per heavy atom. The zero-order chi connectivity index (χ0) is 15.3. The highest BCUT2D eigenvalue weighted by atomic mass is 16.5. The van der Waals surface area contributed by atoms with Gasteiger partial charge in [0.2, 0.25) is 0 Å². The molecule has 4 heteroatoms. The molecule has 0 saturated carbocycles. The second-order valence-electron chi connectivity index (χ2n) is 5.63. The molecule has 110 valence electrons. The summed E-state index contributed by atoms with van der Waals surface area (Å²) in [7, 11) is 0. The average molecular weight is 277 g/mol. The van der Waals surface area contributed by atoms with Gasteiger partial charge in [-0.1, -0.05) is 13.0 Å². The van der Waals surface area contributed by atoms with Crippen molar-refractivity contribution in [1.29, 1.82) is 0 Å². The number of hydrogen-bond acceptors (Lipinski definition) is 3. The number of amides is 1. The fourth-order valence-electron chi connectivity index (χ4n) is 1.69. The molecule has 1 N–H and O–H groups in total. The van der Waals surface area contributed by atoms with E-state index < -0.39 is 0 Å². The molecule has 0 unspecified atom stereocenters. The Kier molecular flexibility index (Phi) is 5.31. The van der Waals surface area contributed by atoms with Crippen LogP contribution in [0.3, 0.4) is 0 Å². The molecule has 0 aromatic heterocycles. The summed E-state index contributed by atoms with van der Waals surface area (Å²) >= 11 is 0. The van der Waals surface area contributed by atoms with Gasteiger partial charge in [-0.3, -0.25) is 9.59 Å². The van der Waals surface area contributed by atoms with Crippen molar-refractivity contribution in [2.24, 2.45) is 0 Å². The molecule has 1 rings (SSSR count). The molecule has 0 aliphatic heterocycles. The van der Waals surface area contributed by atoms with Crippen molar-refractivity contribution in [3.05, 3.63) is 29.3 Å². The quantitative estimate of drug-likeness (QED) is 0.813. The lowest BCUT2D eigenvalue weighted by atomic mass is 10.0. The zero-order valence-electron chi connectivity index (χ0n) is 12.9. The number of carbonyl (C=O) groups is 2. The first-order chi connectivity index (χ1) is 9.25. The number of benzene rings is 1. The molecule has 0 heterocycles. The molecule has 0 atom stereocenters. The van der Waals surface area contributed by atoms with Crippen LogP contribution in [0.25, 0.3) is 0 Å². The molecule has 0 fully saturated rings. The molecule has 0 saturated heterocycles. The number of aryl methyl sites for hydroxylation is 1. The molecule has 0 spiro atoms. The van der Waals surface area contributed by atoms with Crippen LogP contribution in [0.15, 0.2) is 18.2 Å². The Hall–Kier alpha value is -1.84. The maximum Gasteiger partial charge on any atom is 0.258 e. The number of ether oxygens (including phenoxy) is 1. The Balaban J connectivity index is 2.73. The highest BCUT2D eigenvalue weighted by Gasteiger charge is 2.18. The fourth-order valence-corrected chi connectivity index (χ4v) is 1.69. The topological polar surface area (TPSA) is 55.4 Å². The maximum atomic E-state index is 11.8. The van der Waals surface area contributed by atoms with Crippen molar-refractivity contribution >= 4 is 11.7 Å². The second-order valence-corrected chi connectivity index (χ2v) is 5.63. The molecule has 0 radical (unpaired) electrons. The molecule has 20 heavy (non-hydrogen) atoms. The van der Waals surface area contributed by atoms with E-state index in [4.69, 9.17) is 4.74 Å². The van der Waals surface area contributed by atoms with E-state index in [-0.39, 0.29) is 23.8 Å². The van der Waals surface area contributed by atoms with Crippen molar-refractivity contribution in [3.63, 3.8) is 0 Å². The molecule has 1 amide bonds. The lowest BCUT2D eigenvalue weighted by Crippen LogP contribution is -2.44. The van der Waals surface area contributed by atoms with Gasteiger partial charge >= 0.3 is 0 Å². The van der Waals surface area contributed by atoms with Crippen molar-refractivity contribution in [1.82, 2.24) is 5.32 Å². The lowest BCUT2D eigenvalue weighted by molar-refractivity contribution is -0.124. The standard InChI is InChI=1S/C16H23NO3/c1-6-16(4,5)17-15(19)10-20-14-9-11(2)7-8-13(14)12(3)18/h7-9H,6,10H2,1-5H3,(H,17,19). The van der Waals surface area contributed by atoms with Crippen LogP contribution >= 0.6 is 0 Å². The van der Waals surface area contributed by atoms with Crippen LogP contribution in [-0.2, 0) is 4.79 Å². The van der Waals surface area contributed by atoms with Crippen molar-refractivity contribution in [2.75, 3.05) is 6.61 Å². The summed E-state index contributed by atoms with van der Waals surface area (Å²) in [6, 6.07) is 5.35. The highest BCUT2D eigenvalue weighted by molar-refractivity contribution is 5.97. The van der Waals surface area contributed by atoms with Crippen molar-refractivity contribution < 1.29 is 14.3 Å². The molecular formula is C16H23NO3. The van der Waals surface area contributed by atoms with Crippen molar-refractivity contribution in [3.8, 4) is 5.75 Å². The van der Waals surface area contributed by atoms with E-state index in [9.17, 15) is 9.59 Å². The predicted octanol–water partition coefficient (Wildman–Crippen LogP) is 2.88. The summed E-state index contributed by atoms with van der Waals surface area (Å²) in [5, 5.41) is 2.89. The summed E-state index contributed by atoms with van der Waals surface area (Å²) in [5.74, 6) is 0.198. The predicted molar refractivity (Wildman–Crippen MR) is 79.2 cm³/mol. The summed E-state index contributed by atoms with van der Waals surface area (Å²) in [6.07, 6.45) is 0.835. The van der Waals surface area contributed by atoms with E-state index in [2.05, 4.69) is 5.32 Å². The Morgan fingerprint density at radius 2 is 1.95 bits per heavy atom. The number of ketones is 1. The van der Waals surface area contributed by atoms with E-state index in [1.54, 1.807) is 12.1 Å². The third-order valence-electron chi connectivity index (χ3n) is 3.24. The van der Waals surface area contributed by atoms with E-state index in [0.29, 0.717) is 11.3 Å². The van der Waals surface area contributed by atoms with Crippen LogP contribution in [-0.4, -0.2) is 23.8 Å². The van der Waals surface area contributed by atoms with Crippen LogP contribution in [0.5, 0.6) is 5.75 Å². The van der Waals surface area contributed by atoms with Crippen LogP contribution in [0, 0.1) is 6.92 Å². The van der Waals surface area contributed by atoms with E-state index in [0.717, 1.165) is 12.0 Å². The molecular weight excluding hydrogens is 254 g/mol. The third kappa shape index (κ3) is 4.68. The Bertz CT molecular complexity index is 506. The number of rotatable bonds is 6. The number of carbonyl (C=O) groups excluding carboxylic acids is 2. The van der Waals surface area contributed by atoms with E-state index in [1.165, 1.54) is 6.92 Å². The minimum absolute atomic E-state index is 0.0747. The normalized spacial score (nSPS) is 11.1. The van der Waals surface area contributed by atoms with Gasteiger partial charge in [-0.2, -0.15) is 0 Å². The lowest BCUT2D eigenvalue weighted by Gasteiger charge is -2.24. The van der Waals surface area contributed by atoms with Gasteiger partial charge in [0.1, 0.15) is 5.75 Å². The average Bonchev–Trinajstić information content (AvgIpc) is 2.35. The minimum atomic E-state index is -0.254. The molecule has 0 aliphatic rings. The number of nitrogens with one attached hydrogen (secondary N) is 1. The highest BCUT2D eigenvalue weighted by Crippen LogP contribution is 2.20. The smallest absolute Gasteiger partial charge is 0.258 e. The summed E-state index contributed by atoms with van der Waals surface area (Å²) in [4.78, 5) is 23.4. The first-order valence-electron chi connectivity index (χ1n) is 6.80. The first-order valence-corrected chi connectivity index (χ1v) is 6.80. The van der Waals surface area contributed by atoms with Gasteiger partial charge in [-0.25, -0.2) is 0 Å². The first kappa shape index (κ1) is 16.2. The number of hydrogen-bond donors (Lipinski definition) is 1. The second kappa shape index (κ2) is 6.55. The molecule has 0 aliphatic carbocycles. The fraction of sp³-hybridized carbons (Fsp3) is 0.500. The van der Waals surface area contributed by atoms with Gasteiger partial charge in [-0.15, -0.1) is 0 Å². The number of Topliss-reactive ketones (excluding diaryl/α,β-unsaturated/α-hetero) is 1. The molecule has 0 bridgehead atoms. The van der Waals surface area contributed by atoms with Gasteiger partial charge in [0, 0.05) is 5.54 Å². The zero-order valence-corrected chi connectivity index (χ0v) is 12.9. The van der Waals surface area contributed by atoms with E-state index >= 15 is 0 Å². The maximum absolute atomic E-state index is 11.8. The van der Waals surface area contributed by atoms with Gasteiger partial charge in [0.05, 0.1) is 5.56 Å². The van der Waals surface area contributed by atoms with Crippen LogP contribution in [0.1, 0.15) is 50.0 Å². The monoisotopic (exact) mass is 277 g/mol. The molecule has 4 nitrogen and oxygen atoms in total. The van der Waals surface area contributed by atoms with Gasteiger partial charge < -0.3 is 10.1 Å². The molecule has 1 aromatic rings. The third-order valence-corrected chi connectivity index (χ3v) is 3.24. The SMILES string of the molecule is CCC(C)(C)NC(=O)COc1cc(C)ccc1C(C)=O. The van der Waals surface area contributed by atoms with Gasteiger partial charge in [0.15, 0.2) is 12.4 Å². The van der Waals surface area contributed by atoms with Crippen LogP contribution < -0.4 is 10.1 Å².